The van der Waals surface area contributed by atoms with Crippen molar-refractivity contribution < 1.29 is 9.53 Å². The minimum Gasteiger partial charge on any atom is -0.484 e. The first kappa shape index (κ1) is 14.9. The molecular weight excluding hydrogens is 252 g/mol. The number of nitrogens with zero attached hydrogens (tertiary/aromatic N) is 1. The third-order valence-electron chi connectivity index (χ3n) is 3.74. The Balaban J connectivity index is 1.86. The normalized spacial score (nSPS) is 16.2. The van der Waals surface area contributed by atoms with Crippen LogP contribution in [0.15, 0.2) is 24.3 Å². The van der Waals surface area contributed by atoms with Gasteiger partial charge in [0, 0.05) is 19.1 Å². The number of nitrogens with two attached hydrogens (primary N) is 1. The maximum Gasteiger partial charge on any atom is 0.260 e. The second-order valence-electron chi connectivity index (χ2n) is 5.40. The lowest BCUT2D eigenvalue weighted by molar-refractivity contribution is -0.132. The van der Waals surface area contributed by atoms with Gasteiger partial charge in [0.15, 0.2) is 6.61 Å². The number of carbonyl (C=O) groups is 1. The lowest BCUT2D eigenvalue weighted by Crippen LogP contribution is -2.32. The zero-order chi connectivity index (χ0) is 14.4. The zero-order valence-corrected chi connectivity index (χ0v) is 12.2. The van der Waals surface area contributed by atoms with Crippen LogP contribution in [0, 0.1) is 0 Å². The van der Waals surface area contributed by atoms with E-state index >= 15 is 0 Å². The fraction of sp³-hybridized carbons (Fsp3) is 0.562. The van der Waals surface area contributed by atoms with Crippen molar-refractivity contribution in [2.45, 2.75) is 38.6 Å². The summed E-state index contributed by atoms with van der Waals surface area (Å²) in [5, 5.41) is 0. The predicted octanol–water partition coefficient (Wildman–Crippen LogP) is 1.97. The highest BCUT2D eigenvalue weighted by Gasteiger charge is 2.18. The molecule has 1 aliphatic heterocycles. The van der Waals surface area contributed by atoms with Gasteiger partial charge in [-0.2, -0.15) is 0 Å². The molecule has 0 aromatic heterocycles. The molecule has 1 heterocycles. The number of likely N-dealkylation sites (tertiary alicyclic amines) is 1. The van der Waals surface area contributed by atoms with Gasteiger partial charge in [0.2, 0.25) is 0 Å². The number of amides is 1. The Morgan fingerprint density at radius 2 is 2.15 bits per heavy atom. The van der Waals surface area contributed by atoms with Gasteiger partial charge in [0.25, 0.3) is 5.91 Å². The summed E-state index contributed by atoms with van der Waals surface area (Å²) >= 11 is 0. The van der Waals surface area contributed by atoms with Crippen molar-refractivity contribution in [2.75, 3.05) is 19.7 Å². The number of benzene rings is 1. The molecule has 0 radical (unpaired) electrons. The van der Waals surface area contributed by atoms with Gasteiger partial charge < -0.3 is 15.4 Å². The minimum absolute atomic E-state index is 0.0816. The Bertz CT molecular complexity index is 442. The molecule has 0 saturated carbocycles. The second kappa shape index (κ2) is 7.29. The Morgan fingerprint density at radius 3 is 2.85 bits per heavy atom. The van der Waals surface area contributed by atoms with Crippen molar-refractivity contribution in [1.29, 1.82) is 0 Å². The summed E-state index contributed by atoms with van der Waals surface area (Å²) < 4.78 is 5.60. The van der Waals surface area contributed by atoms with Gasteiger partial charge >= 0.3 is 0 Å². The second-order valence-corrected chi connectivity index (χ2v) is 5.40. The van der Waals surface area contributed by atoms with E-state index in [2.05, 4.69) is 6.92 Å². The molecule has 1 saturated heterocycles. The number of rotatable bonds is 6. The van der Waals surface area contributed by atoms with Crippen LogP contribution in [0.1, 0.15) is 31.7 Å². The lowest BCUT2D eigenvalue weighted by Gasteiger charge is -2.16. The highest BCUT2D eigenvalue weighted by atomic mass is 16.5. The van der Waals surface area contributed by atoms with E-state index in [1.165, 1.54) is 0 Å². The molecule has 2 rings (SSSR count). The van der Waals surface area contributed by atoms with Gasteiger partial charge in [-0.1, -0.05) is 19.1 Å². The van der Waals surface area contributed by atoms with Crippen LogP contribution in [-0.2, 0) is 11.2 Å². The van der Waals surface area contributed by atoms with E-state index in [1.54, 1.807) is 0 Å². The summed E-state index contributed by atoms with van der Waals surface area (Å²) in [6.07, 6.45) is 4.01. The quantitative estimate of drug-likeness (QED) is 0.864. The van der Waals surface area contributed by atoms with Crippen molar-refractivity contribution in [3.8, 4) is 5.75 Å². The van der Waals surface area contributed by atoms with E-state index in [4.69, 9.17) is 10.5 Å². The SMILES string of the molecule is CCC(N)Cc1cccc(OCC(=O)N2CCCC2)c1. The summed E-state index contributed by atoms with van der Waals surface area (Å²) in [5.41, 5.74) is 7.12. The summed E-state index contributed by atoms with van der Waals surface area (Å²) in [6, 6.07) is 8.04. The average molecular weight is 276 g/mol. The van der Waals surface area contributed by atoms with Crippen LogP contribution in [-0.4, -0.2) is 36.5 Å². The smallest absolute Gasteiger partial charge is 0.260 e. The highest BCUT2D eigenvalue weighted by molar-refractivity contribution is 5.78. The molecule has 110 valence electrons. The maximum absolute atomic E-state index is 11.9. The molecular formula is C16H24N2O2. The van der Waals surface area contributed by atoms with Crippen molar-refractivity contribution in [2.24, 2.45) is 5.73 Å². The Hall–Kier alpha value is -1.55. The molecule has 0 bridgehead atoms. The number of hydrogen-bond acceptors (Lipinski definition) is 3. The van der Waals surface area contributed by atoms with Crippen LogP contribution in [0.3, 0.4) is 0 Å². The highest BCUT2D eigenvalue weighted by Crippen LogP contribution is 2.16. The molecule has 4 nitrogen and oxygen atoms in total. The first-order valence-electron chi connectivity index (χ1n) is 7.44. The topological polar surface area (TPSA) is 55.6 Å². The van der Waals surface area contributed by atoms with Crippen molar-refractivity contribution in [3.05, 3.63) is 29.8 Å². The fourth-order valence-electron chi connectivity index (χ4n) is 2.41. The molecule has 20 heavy (non-hydrogen) atoms. The monoisotopic (exact) mass is 276 g/mol. The third kappa shape index (κ3) is 4.23. The molecule has 1 aliphatic rings. The van der Waals surface area contributed by atoms with E-state index in [9.17, 15) is 4.79 Å². The van der Waals surface area contributed by atoms with Crippen LogP contribution < -0.4 is 10.5 Å². The van der Waals surface area contributed by atoms with Crippen LogP contribution >= 0.6 is 0 Å². The third-order valence-corrected chi connectivity index (χ3v) is 3.74. The molecule has 4 heteroatoms. The minimum atomic E-state index is 0.0816. The molecule has 1 atom stereocenters. The number of ether oxygens (including phenoxy) is 1. The predicted molar refractivity (Wildman–Crippen MR) is 79.7 cm³/mol. The molecule has 2 N–H and O–H groups in total. The van der Waals surface area contributed by atoms with Gasteiger partial charge in [0.1, 0.15) is 5.75 Å². The van der Waals surface area contributed by atoms with Crippen LogP contribution in [0.5, 0.6) is 5.75 Å². The summed E-state index contributed by atoms with van der Waals surface area (Å²) in [6.45, 7) is 3.95. The van der Waals surface area contributed by atoms with Gasteiger partial charge in [-0.05, 0) is 43.4 Å². The van der Waals surface area contributed by atoms with Gasteiger partial charge in [-0.25, -0.2) is 0 Å². The average Bonchev–Trinajstić information content (AvgIpc) is 2.99. The van der Waals surface area contributed by atoms with E-state index in [-0.39, 0.29) is 18.6 Å². The van der Waals surface area contributed by atoms with Gasteiger partial charge in [-0.15, -0.1) is 0 Å². The Labute approximate surface area is 120 Å². The molecule has 1 unspecified atom stereocenters. The summed E-state index contributed by atoms with van der Waals surface area (Å²) in [5.74, 6) is 0.830. The number of carbonyl (C=O) groups excluding carboxylic acids is 1. The molecule has 0 aliphatic carbocycles. The standard InChI is InChI=1S/C16H24N2O2/c1-2-14(17)10-13-6-5-7-15(11-13)20-12-16(19)18-8-3-4-9-18/h5-7,11,14H,2-4,8-10,12,17H2,1H3. The lowest BCUT2D eigenvalue weighted by atomic mass is 10.0. The molecule has 1 fully saturated rings. The van der Waals surface area contributed by atoms with E-state index in [1.807, 2.05) is 29.2 Å². The van der Waals surface area contributed by atoms with Crippen LogP contribution in [0.4, 0.5) is 0 Å². The fourth-order valence-corrected chi connectivity index (χ4v) is 2.41. The molecule has 0 spiro atoms. The largest absolute Gasteiger partial charge is 0.484 e. The van der Waals surface area contributed by atoms with E-state index in [0.717, 1.165) is 50.1 Å². The van der Waals surface area contributed by atoms with E-state index in [0.29, 0.717) is 0 Å². The Kier molecular flexibility index (Phi) is 5.41. The maximum atomic E-state index is 11.9. The first-order valence-corrected chi connectivity index (χ1v) is 7.44. The summed E-state index contributed by atoms with van der Waals surface area (Å²) in [7, 11) is 0. The summed E-state index contributed by atoms with van der Waals surface area (Å²) in [4.78, 5) is 13.8. The molecule has 1 amide bonds. The van der Waals surface area contributed by atoms with Crippen LogP contribution in [0.2, 0.25) is 0 Å². The Morgan fingerprint density at radius 1 is 1.40 bits per heavy atom. The van der Waals surface area contributed by atoms with Crippen LogP contribution in [0.25, 0.3) is 0 Å². The zero-order valence-electron chi connectivity index (χ0n) is 12.2. The van der Waals surface area contributed by atoms with Gasteiger partial charge in [0.05, 0.1) is 0 Å². The molecule has 1 aromatic carbocycles. The molecule has 1 aromatic rings. The van der Waals surface area contributed by atoms with Crippen molar-refractivity contribution >= 4 is 5.91 Å². The first-order chi connectivity index (χ1) is 9.69. The van der Waals surface area contributed by atoms with Crippen molar-refractivity contribution in [3.63, 3.8) is 0 Å². The number of hydrogen-bond donors (Lipinski definition) is 1. The van der Waals surface area contributed by atoms with Crippen molar-refractivity contribution in [1.82, 2.24) is 4.90 Å². The van der Waals surface area contributed by atoms with Gasteiger partial charge in [-0.3, -0.25) is 4.79 Å². The van der Waals surface area contributed by atoms with E-state index < -0.39 is 0 Å².